The van der Waals surface area contributed by atoms with E-state index in [4.69, 9.17) is 4.74 Å². The molecule has 0 aromatic heterocycles. The standard InChI is InChI=1S/C13H27N3O2/c1-5-14-12(13(17)18-4)6-7-16-9-8-15(3)11(2)10-16/h11-12,14H,5-10H2,1-4H3. The van der Waals surface area contributed by atoms with E-state index in [-0.39, 0.29) is 12.0 Å². The Hall–Kier alpha value is -0.650. The number of carbonyl (C=O) groups excluding carboxylic acids is 1. The summed E-state index contributed by atoms with van der Waals surface area (Å²) in [5.41, 5.74) is 0. The van der Waals surface area contributed by atoms with Gasteiger partial charge in [-0.05, 0) is 26.9 Å². The molecule has 1 fully saturated rings. The van der Waals surface area contributed by atoms with E-state index in [1.807, 2.05) is 6.92 Å². The molecular formula is C13H27N3O2. The summed E-state index contributed by atoms with van der Waals surface area (Å²) in [6, 6.07) is 0.421. The molecule has 0 radical (unpaired) electrons. The second kappa shape index (κ2) is 7.71. The van der Waals surface area contributed by atoms with E-state index in [2.05, 4.69) is 29.1 Å². The van der Waals surface area contributed by atoms with Crippen molar-refractivity contribution in [3.05, 3.63) is 0 Å². The summed E-state index contributed by atoms with van der Waals surface area (Å²) in [4.78, 5) is 16.4. The zero-order chi connectivity index (χ0) is 13.5. The predicted octanol–water partition coefficient (Wildman–Crippen LogP) is 0.164. The van der Waals surface area contributed by atoms with Crippen LogP contribution in [0.15, 0.2) is 0 Å². The molecule has 0 aliphatic carbocycles. The molecule has 5 nitrogen and oxygen atoms in total. The summed E-state index contributed by atoms with van der Waals surface area (Å²) in [7, 11) is 3.61. The number of piperazine rings is 1. The van der Waals surface area contributed by atoms with Crippen molar-refractivity contribution in [2.24, 2.45) is 0 Å². The van der Waals surface area contributed by atoms with E-state index < -0.39 is 0 Å². The van der Waals surface area contributed by atoms with E-state index in [1.54, 1.807) is 0 Å². The molecule has 0 aromatic carbocycles. The lowest BCUT2D eigenvalue weighted by atomic mass is 10.1. The molecule has 0 amide bonds. The predicted molar refractivity (Wildman–Crippen MR) is 72.6 cm³/mol. The Morgan fingerprint density at radius 1 is 1.50 bits per heavy atom. The van der Waals surface area contributed by atoms with Crippen molar-refractivity contribution in [3.8, 4) is 0 Å². The molecular weight excluding hydrogens is 230 g/mol. The van der Waals surface area contributed by atoms with Crippen LogP contribution in [0.1, 0.15) is 20.3 Å². The summed E-state index contributed by atoms with van der Waals surface area (Å²) in [5, 5.41) is 3.18. The zero-order valence-electron chi connectivity index (χ0n) is 12.1. The fraction of sp³-hybridized carbons (Fsp3) is 0.923. The van der Waals surface area contributed by atoms with E-state index in [9.17, 15) is 4.79 Å². The molecule has 106 valence electrons. The summed E-state index contributed by atoms with van der Waals surface area (Å²) in [5.74, 6) is -0.154. The number of rotatable bonds is 6. The number of nitrogens with zero attached hydrogens (tertiary/aromatic N) is 2. The quantitative estimate of drug-likeness (QED) is 0.687. The van der Waals surface area contributed by atoms with E-state index in [0.717, 1.165) is 39.1 Å². The molecule has 18 heavy (non-hydrogen) atoms. The Balaban J connectivity index is 2.35. The van der Waals surface area contributed by atoms with Gasteiger partial charge >= 0.3 is 5.97 Å². The van der Waals surface area contributed by atoms with Crippen LogP contribution < -0.4 is 5.32 Å². The first-order valence-electron chi connectivity index (χ1n) is 6.82. The maximum absolute atomic E-state index is 11.6. The van der Waals surface area contributed by atoms with Gasteiger partial charge in [-0.15, -0.1) is 0 Å². The average Bonchev–Trinajstić information content (AvgIpc) is 2.37. The van der Waals surface area contributed by atoms with Crippen LogP contribution in [-0.2, 0) is 9.53 Å². The first-order valence-corrected chi connectivity index (χ1v) is 6.82. The lowest BCUT2D eigenvalue weighted by Gasteiger charge is -2.38. The van der Waals surface area contributed by atoms with Crippen LogP contribution in [0.25, 0.3) is 0 Å². The number of methoxy groups -OCH3 is 1. The normalized spacial score (nSPS) is 23.9. The lowest BCUT2D eigenvalue weighted by molar-refractivity contribution is -0.143. The molecule has 0 saturated carbocycles. The van der Waals surface area contributed by atoms with Gasteiger partial charge in [0.1, 0.15) is 6.04 Å². The Labute approximate surface area is 110 Å². The molecule has 5 heteroatoms. The first-order chi connectivity index (χ1) is 8.58. The second-order valence-corrected chi connectivity index (χ2v) is 5.05. The Morgan fingerprint density at radius 3 is 2.78 bits per heavy atom. The van der Waals surface area contributed by atoms with Crippen molar-refractivity contribution in [1.82, 2.24) is 15.1 Å². The van der Waals surface area contributed by atoms with E-state index in [0.29, 0.717) is 6.04 Å². The van der Waals surface area contributed by atoms with Gasteiger partial charge in [-0.3, -0.25) is 4.79 Å². The number of esters is 1. The highest BCUT2D eigenvalue weighted by Gasteiger charge is 2.23. The number of hydrogen-bond donors (Lipinski definition) is 1. The molecule has 1 N–H and O–H groups in total. The smallest absolute Gasteiger partial charge is 0.322 e. The molecule has 1 heterocycles. The number of likely N-dealkylation sites (N-methyl/N-ethyl adjacent to an activating group) is 2. The molecule has 1 rings (SSSR count). The lowest BCUT2D eigenvalue weighted by Crippen LogP contribution is -2.51. The van der Waals surface area contributed by atoms with Gasteiger partial charge in [-0.2, -0.15) is 0 Å². The maximum Gasteiger partial charge on any atom is 0.322 e. The van der Waals surface area contributed by atoms with Crippen LogP contribution in [0.4, 0.5) is 0 Å². The SMILES string of the molecule is CCNC(CCN1CCN(C)C(C)C1)C(=O)OC. The molecule has 1 aliphatic rings. The van der Waals surface area contributed by atoms with Crippen molar-refractivity contribution in [2.75, 3.05) is 46.9 Å². The highest BCUT2D eigenvalue weighted by molar-refractivity contribution is 5.75. The molecule has 1 saturated heterocycles. The van der Waals surface area contributed by atoms with Crippen molar-refractivity contribution >= 4 is 5.97 Å². The van der Waals surface area contributed by atoms with Crippen LogP contribution in [0.5, 0.6) is 0 Å². The topological polar surface area (TPSA) is 44.8 Å². The third-order valence-corrected chi connectivity index (χ3v) is 3.71. The number of ether oxygens (including phenoxy) is 1. The van der Waals surface area contributed by atoms with E-state index >= 15 is 0 Å². The third-order valence-electron chi connectivity index (χ3n) is 3.71. The average molecular weight is 257 g/mol. The molecule has 0 aromatic rings. The van der Waals surface area contributed by atoms with Crippen LogP contribution >= 0.6 is 0 Å². The van der Waals surface area contributed by atoms with Gasteiger partial charge < -0.3 is 19.9 Å². The summed E-state index contributed by atoms with van der Waals surface area (Å²) < 4.78 is 4.81. The second-order valence-electron chi connectivity index (χ2n) is 5.05. The fourth-order valence-corrected chi connectivity index (χ4v) is 2.33. The minimum atomic E-state index is -0.171. The molecule has 2 atom stereocenters. The van der Waals surface area contributed by atoms with Crippen LogP contribution in [-0.4, -0.2) is 74.7 Å². The molecule has 0 spiro atoms. The van der Waals surface area contributed by atoms with Gasteiger partial charge in [0.15, 0.2) is 0 Å². The van der Waals surface area contributed by atoms with Gasteiger partial charge in [0.2, 0.25) is 0 Å². The zero-order valence-corrected chi connectivity index (χ0v) is 12.1. The molecule has 0 bridgehead atoms. The Kier molecular flexibility index (Phi) is 6.60. The largest absolute Gasteiger partial charge is 0.468 e. The van der Waals surface area contributed by atoms with Crippen molar-refractivity contribution in [2.45, 2.75) is 32.4 Å². The monoisotopic (exact) mass is 257 g/mol. The highest BCUT2D eigenvalue weighted by Crippen LogP contribution is 2.08. The van der Waals surface area contributed by atoms with Gasteiger partial charge in [0.05, 0.1) is 7.11 Å². The summed E-state index contributed by atoms with van der Waals surface area (Å²) in [6.07, 6.45) is 0.816. The highest BCUT2D eigenvalue weighted by atomic mass is 16.5. The third kappa shape index (κ3) is 4.55. The summed E-state index contributed by atoms with van der Waals surface area (Å²) in [6.45, 7) is 9.26. The van der Waals surface area contributed by atoms with E-state index in [1.165, 1.54) is 7.11 Å². The van der Waals surface area contributed by atoms with Crippen molar-refractivity contribution in [3.63, 3.8) is 0 Å². The minimum Gasteiger partial charge on any atom is -0.468 e. The van der Waals surface area contributed by atoms with Crippen molar-refractivity contribution < 1.29 is 9.53 Å². The van der Waals surface area contributed by atoms with Crippen molar-refractivity contribution in [1.29, 1.82) is 0 Å². The first kappa shape index (κ1) is 15.4. The minimum absolute atomic E-state index is 0.154. The van der Waals surface area contributed by atoms with Crippen LogP contribution in [0, 0.1) is 0 Å². The Morgan fingerprint density at radius 2 is 2.22 bits per heavy atom. The van der Waals surface area contributed by atoms with Gasteiger partial charge in [-0.1, -0.05) is 6.92 Å². The van der Waals surface area contributed by atoms with Crippen LogP contribution in [0.3, 0.4) is 0 Å². The van der Waals surface area contributed by atoms with Gasteiger partial charge in [0.25, 0.3) is 0 Å². The summed E-state index contributed by atoms with van der Waals surface area (Å²) >= 11 is 0. The Bertz CT molecular complexity index is 261. The number of carbonyl (C=O) groups is 1. The number of nitrogens with one attached hydrogen (secondary N) is 1. The molecule has 1 aliphatic heterocycles. The fourth-order valence-electron chi connectivity index (χ4n) is 2.33. The van der Waals surface area contributed by atoms with Gasteiger partial charge in [0, 0.05) is 32.2 Å². The number of hydrogen-bond acceptors (Lipinski definition) is 5. The van der Waals surface area contributed by atoms with Crippen LogP contribution in [0.2, 0.25) is 0 Å². The van der Waals surface area contributed by atoms with Gasteiger partial charge in [-0.25, -0.2) is 0 Å². The maximum atomic E-state index is 11.6. The molecule has 2 unspecified atom stereocenters.